The number of aliphatic hydroxyl groups excluding tert-OH is 1. The molecule has 5 nitrogen and oxygen atoms in total. The van der Waals surface area contributed by atoms with Crippen LogP contribution in [-0.4, -0.2) is 47.1 Å². The minimum absolute atomic E-state index is 0.177. The Labute approximate surface area is 125 Å². The Hall–Kier alpha value is -1.01. The van der Waals surface area contributed by atoms with Crippen LogP contribution in [-0.2, 0) is 0 Å². The maximum absolute atomic E-state index is 9.64. The van der Waals surface area contributed by atoms with E-state index in [2.05, 4.69) is 27.1 Å². The molecule has 0 aromatic carbocycles. The summed E-state index contributed by atoms with van der Waals surface area (Å²) in [6, 6.07) is 2.17. The molecule has 2 rings (SSSR count). The van der Waals surface area contributed by atoms with E-state index in [1.54, 1.807) is 11.8 Å². The summed E-state index contributed by atoms with van der Waals surface area (Å²) in [4.78, 5) is 11.3. The van der Waals surface area contributed by atoms with Crippen LogP contribution in [0, 0.1) is 0 Å². The van der Waals surface area contributed by atoms with E-state index in [0.717, 1.165) is 42.7 Å². The van der Waals surface area contributed by atoms with E-state index < -0.39 is 0 Å². The molecule has 0 saturated carbocycles. The largest absolute Gasteiger partial charge is 0.394 e. The topological polar surface area (TPSA) is 61.3 Å². The highest BCUT2D eigenvalue weighted by molar-refractivity contribution is 7.98. The van der Waals surface area contributed by atoms with E-state index in [1.165, 1.54) is 12.8 Å². The Balaban J connectivity index is 2.30. The van der Waals surface area contributed by atoms with Crippen LogP contribution in [0.15, 0.2) is 11.2 Å². The number of aromatic nitrogens is 2. The van der Waals surface area contributed by atoms with Crippen LogP contribution in [0.5, 0.6) is 0 Å². The number of hydrogen-bond donors (Lipinski definition) is 2. The Bertz CT molecular complexity index is 430. The first-order valence-electron chi connectivity index (χ1n) is 7.33. The Kier molecular flexibility index (Phi) is 5.91. The molecule has 1 saturated heterocycles. The zero-order valence-electron chi connectivity index (χ0n) is 12.3. The van der Waals surface area contributed by atoms with Crippen molar-refractivity contribution in [3.8, 4) is 0 Å². The van der Waals surface area contributed by atoms with E-state index in [4.69, 9.17) is 0 Å². The highest BCUT2D eigenvalue weighted by atomic mass is 32.2. The monoisotopic (exact) mass is 296 g/mol. The second-order valence-corrected chi connectivity index (χ2v) is 5.78. The molecule has 1 aliphatic heterocycles. The van der Waals surface area contributed by atoms with Crippen molar-refractivity contribution in [2.45, 2.75) is 43.8 Å². The van der Waals surface area contributed by atoms with Crippen molar-refractivity contribution >= 4 is 23.4 Å². The van der Waals surface area contributed by atoms with Gasteiger partial charge in [-0.15, -0.1) is 0 Å². The van der Waals surface area contributed by atoms with E-state index in [1.807, 2.05) is 12.3 Å². The molecule has 0 aliphatic carbocycles. The van der Waals surface area contributed by atoms with Crippen LogP contribution in [0.1, 0.15) is 32.6 Å². The number of thioether (sulfide) groups is 1. The lowest BCUT2D eigenvalue weighted by molar-refractivity contribution is 0.254. The molecule has 1 unspecified atom stereocenters. The summed E-state index contributed by atoms with van der Waals surface area (Å²) in [6.07, 6.45) is 6.59. The fourth-order valence-corrected chi connectivity index (χ4v) is 2.97. The summed E-state index contributed by atoms with van der Waals surface area (Å²) in [6.45, 7) is 4.05. The third kappa shape index (κ3) is 3.76. The fraction of sp³-hybridized carbons (Fsp3) is 0.714. The van der Waals surface area contributed by atoms with Gasteiger partial charge >= 0.3 is 0 Å². The van der Waals surface area contributed by atoms with Crippen LogP contribution in [0.4, 0.5) is 11.6 Å². The summed E-state index contributed by atoms with van der Waals surface area (Å²) in [7, 11) is 0. The predicted molar refractivity (Wildman–Crippen MR) is 84.7 cm³/mol. The van der Waals surface area contributed by atoms with Gasteiger partial charge in [-0.2, -0.15) is 0 Å². The van der Waals surface area contributed by atoms with Crippen LogP contribution < -0.4 is 10.2 Å². The summed E-state index contributed by atoms with van der Waals surface area (Å²) < 4.78 is 0. The molecule has 0 bridgehead atoms. The molecule has 1 aromatic heterocycles. The first kappa shape index (κ1) is 15.4. The van der Waals surface area contributed by atoms with Crippen LogP contribution in [0.2, 0.25) is 0 Å². The lowest BCUT2D eigenvalue weighted by Crippen LogP contribution is -2.38. The molecule has 0 amide bonds. The van der Waals surface area contributed by atoms with Gasteiger partial charge in [0.2, 0.25) is 0 Å². The average molecular weight is 296 g/mol. The minimum atomic E-state index is 0.177. The number of nitrogens with one attached hydrogen (secondary N) is 1. The van der Waals surface area contributed by atoms with Crippen molar-refractivity contribution in [3.63, 3.8) is 0 Å². The summed E-state index contributed by atoms with van der Waals surface area (Å²) in [5.41, 5.74) is 0. The summed E-state index contributed by atoms with van der Waals surface area (Å²) in [5, 5.41) is 13.7. The van der Waals surface area contributed by atoms with Gasteiger partial charge in [-0.1, -0.05) is 24.6 Å². The molecule has 6 heteroatoms. The molecular formula is C14H24N4OS. The maximum atomic E-state index is 9.64. The molecule has 2 N–H and O–H groups in total. The van der Waals surface area contributed by atoms with E-state index >= 15 is 0 Å². The number of nitrogens with zero attached hydrogens (tertiary/aromatic N) is 3. The van der Waals surface area contributed by atoms with Crippen molar-refractivity contribution in [1.82, 2.24) is 9.97 Å². The van der Waals surface area contributed by atoms with Crippen molar-refractivity contribution in [2.75, 3.05) is 36.2 Å². The minimum Gasteiger partial charge on any atom is -0.394 e. The standard InChI is InChI=1S/C14H24N4OS/c1-3-15-12-9-13(17-14(16-12)20-2)18-8-6-4-5-7-11(18)10-19/h9,11,19H,3-8,10H2,1-2H3,(H,15,16,17). The smallest absolute Gasteiger partial charge is 0.191 e. The molecule has 112 valence electrons. The zero-order valence-corrected chi connectivity index (χ0v) is 13.1. The van der Waals surface area contributed by atoms with Gasteiger partial charge in [0.25, 0.3) is 0 Å². The van der Waals surface area contributed by atoms with Gasteiger partial charge in [-0.25, -0.2) is 9.97 Å². The lowest BCUT2D eigenvalue weighted by atomic mass is 10.1. The summed E-state index contributed by atoms with van der Waals surface area (Å²) in [5.74, 6) is 1.80. The normalized spacial score (nSPS) is 19.8. The number of aliphatic hydroxyl groups is 1. The number of anilines is 2. The zero-order chi connectivity index (χ0) is 14.4. The summed E-state index contributed by atoms with van der Waals surface area (Å²) >= 11 is 1.55. The maximum Gasteiger partial charge on any atom is 0.191 e. The number of hydrogen-bond acceptors (Lipinski definition) is 6. The van der Waals surface area contributed by atoms with E-state index in [-0.39, 0.29) is 12.6 Å². The highest BCUT2D eigenvalue weighted by Crippen LogP contribution is 2.26. The predicted octanol–water partition coefficient (Wildman–Crippen LogP) is 2.37. The van der Waals surface area contributed by atoms with Gasteiger partial charge in [-0.3, -0.25) is 0 Å². The molecule has 0 spiro atoms. The van der Waals surface area contributed by atoms with Gasteiger partial charge in [0.1, 0.15) is 11.6 Å². The van der Waals surface area contributed by atoms with E-state index in [9.17, 15) is 5.11 Å². The average Bonchev–Trinajstić information content (AvgIpc) is 2.72. The van der Waals surface area contributed by atoms with Crippen LogP contribution >= 0.6 is 11.8 Å². The molecule has 1 aliphatic rings. The number of rotatable bonds is 5. The molecular weight excluding hydrogens is 272 g/mol. The Morgan fingerprint density at radius 1 is 1.40 bits per heavy atom. The Morgan fingerprint density at radius 3 is 2.95 bits per heavy atom. The first-order valence-corrected chi connectivity index (χ1v) is 8.55. The van der Waals surface area contributed by atoms with Crippen molar-refractivity contribution in [3.05, 3.63) is 6.07 Å². The van der Waals surface area contributed by atoms with Crippen LogP contribution in [0.3, 0.4) is 0 Å². The van der Waals surface area contributed by atoms with Crippen molar-refractivity contribution in [1.29, 1.82) is 0 Å². The van der Waals surface area contributed by atoms with Gasteiger partial charge < -0.3 is 15.3 Å². The third-order valence-electron chi connectivity index (χ3n) is 3.61. The van der Waals surface area contributed by atoms with Gasteiger partial charge in [-0.05, 0) is 26.0 Å². The molecule has 20 heavy (non-hydrogen) atoms. The van der Waals surface area contributed by atoms with Crippen molar-refractivity contribution in [2.24, 2.45) is 0 Å². The van der Waals surface area contributed by atoms with Gasteiger partial charge in [0, 0.05) is 19.2 Å². The van der Waals surface area contributed by atoms with Crippen molar-refractivity contribution < 1.29 is 5.11 Å². The second-order valence-electron chi connectivity index (χ2n) is 5.01. The molecule has 1 aromatic rings. The van der Waals surface area contributed by atoms with E-state index in [0.29, 0.717) is 0 Å². The SMILES string of the molecule is CCNc1cc(N2CCCCCC2CO)nc(SC)n1. The molecule has 1 fully saturated rings. The Morgan fingerprint density at radius 2 is 2.25 bits per heavy atom. The first-order chi connectivity index (χ1) is 9.78. The third-order valence-corrected chi connectivity index (χ3v) is 4.16. The lowest BCUT2D eigenvalue weighted by Gasteiger charge is -2.30. The van der Waals surface area contributed by atoms with Gasteiger partial charge in [0.15, 0.2) is 5.16 Å². The van der Waals surface area contributed by atoms with Crippen LogP contribution in [0.25, 0.3) is 0 Å². The molecule has 2 heterocycles. The van der Waals surface area contributed by atoms with Gasteiger partial charge in [0.05, 0.1) is 12.6 Å². The second kappa shape index (κ2) is 7.69. The molecule has 1 atom stereocenters. The molecule has 0 radical (unpaired) electrons. The quantitative estimate of drug-likeness (QED) is 0.642. The fourth-order valence-electron chi connectivity index (χ4n) is 2.59. The highest BCUT2D eigenvalue weighted by Gasteiger charge is 2.22.